The van der Waals surface area contributed by atoms with Gasteiger partial charge in [0, 0.05) is 18.4 Å². The van der Waals surface area contributed by atoms with Crippen LogP contribution in [0.2, 0.25) is 0 Å². The smallest absolute Gasteiger partial charge is 0.251 e. The predicted octanol–water partition coefficient (Wildman–Crippen LogP) is 0.869. The minimum atomic E-state index is 0.248. The Morgan fingerprint density at radius 3 is 3.06 bits per heavy atom. The second-order valence-electron chi connectivity index (χ2n) is 3.78. The monoisotopic (exact) mass is 218 g/mol. The molecular formula is C11H14N4O. The molecule has 1 atom stereocenters. The van der Waals surface area contributed by atoms with E-state index < -0.39 is 0 Å². The van der Waals surface area contributed by atoms with E-state index >= 15 is 0 Å². The second kappa shape index (κ2) is 5.42. The Morgan fingerprint density at radius 2 is 2.31 bits per heavy atom. The van der Waals surface area contributed by atoms with Crippen LogP contribution in [0.15, 0.2) is 12.4 Å². The van der Waals surface area contributed by atoms with Gasteiger partial charge in [0.05, 0.1) is 0 Å². The number of aromatic nitrogens is 2. The number of nitrogens with zero attached hydrogens (tertiary/aromatic N) is 3. The summed E-state index contributed by atoms with van der Waals surface area (Å²) in [4.78, 5) is 7.89. The third-order valence-corrected chi connectivity index (χ3v) is 2.60. The standard InChI is InChI=1S/C11H14N4O/c12-7-10-11(15-6-5-14-10)16-8-9-3-1-2-4-13-9/h5-6,9,13H,1-4,8H2. The summed E-state index contributed by atoms with van der Waals surface area (Å²) in [6.07, 6.45) is 6.59. The Morgan fingerprint density at radius 1 is 1.44 bits per heavy atom. The maximum absolute atomic E-state index is 8.81. The van der Waals surface area contributed by atoms with Crippen LogP contribution in [0, 0.1) is 11.3 Å². The van der Waals surface area contributed by atoms with E-state index in [1.165, 1.54) is 25.2 Å². The first-order valence-corrected chi connectivity index (χ1v) is 5.47. The van der Waals surface area contributed by atoms with Crippen LogP contribution in [-0.4, -0.2) is 29.2 Å². The lowest BCUT2D eigenvalue weighted by Gasteiger charge is -2.23. The van der Waals surface area contributed by atoms with Crippen molar-refractivity contribution >= 4 is 0 Å². The van der Waals surface area contributed by atoms with Crippen molar-refractivity contribution in [3.05, 3.63) is 18.1 Å². The van der Waals surface area contributed by atoms with E-state index in [9.17, 15) is 0 Å². The van der Waals surface area contributed by atoms with E-state index in [4.69, 9.17) is 10.00 Å². The van der Waals surface area contributed by atoms with Crippen LogP contribution >= 0.6 is 0 Å². The highest BCUT2D eigenvalue weighted by Crippen LogP contribution is 2.12. The average molecular weight is 218 g/mol. The van der Waals surface area contributed by atoms with Crippen LogP contribution in [-0.2, 0) is 0 Å². The molecule has 0 radical (unpaired) electrons. The maximum atomic E-state index is 8.81. The molecule has 1 aromatic heterocycles. The van der Waals surface area contributed by atoms with Gasteiger partial charge in [-0.05, 0) is 19.4 Å². The number of nitriles is 1. The molecule has 0 aliphatic carbocycles. The Hall–Kier alpha value is -1.67. The van der Waals surface area contributed by atoms with Gasteiger partial charge in [0.1, 0.15) is 12.7 Å². The van der Waals surface area contributed by atoms with Gasteiger partial charge in [-0.15, -0.1) is 0 Å². The molecule has 1 saturated heterocycles. The van der Waals surface area contributed by atoms with E-state index in [2.05, 4.69) is 15.3 Å². The highest BCUT2D eigenvalue weighted by atomic mass is 16.5. The molecule has 1 aromatic rings. The van der Waals surface area contributed by atoms with E-state index in [-0.39, 0.29) is 5.69 Å². The summed E-state index contributed by atoms with van der Waals surface area (Å²) in [6.45, 7) is 1.59. The lowest BCUT2D eigenvalue weighted by atomic mass is 10.1. The van der Waals surface area contributed by atoms with Crippen molar-refractivity contribution in [2.75, 3.05) is 13.2 Å². The third-order valence-electron chi connectivity index (χ3n) is 2.60. The lowest BCUT2D eigenvalue weighted by molar-refractivity contribution is 0.230. The highest BCUT2D eigenvalue weighted by molar-refractivity contribution is 5.29. The number of rotatable bonds is 3. The van der Waals surface area contributed by atoms with E-state index in [1.807, 2.05) is 6.07 Å². The first-order chi connectivity index (χ1) is 7.90. The molecule has 0 spiro atoms. The molecule has 0 saturated carbocycles. The number of piperidine rings is 1. The molecule has 1 fully saturated rings. The first-order valence-electron chi connectivity index (χ1n) is 5.47. The Bertz CT molecular complexity index is 382. The highest BCUT2D eigenvalue weighted by Gasteiger charge is 2.14. The molecule has 16 heavy (non-hydrogen) atoms. The van der Waals surface area contributed by atoms with Crippen molar-refractivity contribution in [1.82, 2.24) is 15.3 Å². The number of ether oxygens (including phenoxy) is 1. The predicted molar refractivity (Wildman–Crippen MR) is 57.9 cm³/mol. The van der Waals surface area contributed by atoms with Crippen LogP contribution in [0.5, 0.6) is 5.88 Å². The zero-order valence-corrected chi connectivity index (χ0v) is 9.02. The summed E-state index contributed by atoms with van der Waals surface area (Å²) < 4.78 is 5.51. The van der Waals surface area contributed by atoms with E-state index in [0.29, 0.717) is 18.5 Å². The van der Waals surface area contributed by atoms with Gasteiger partial charge in [-0.25, -0.2) is 9.97 Å². The van der Waals surface area contributed by atoms with Crippen molar-refractivity contribution < 1.29 is 4.74 Å². The quantitative estimate of drug-likeness (QED) is 0.815. The molecule has 1 aliphatic heterocycles. The topological polar surface area (TPSA) is 70.8 Å². The zero-order chi connectivity index (χ0) is 11.2. The van der Waals surface area contributed by atoms with Gasteiger partial charge in [0.2, 0.25) is 5.69 Å². The molecule has 84 valence electrons. The van der Waals surface area contributed by atoms with Crippen LogP contribution < -0.4 is 10.1 Å². The molecule has 0 amide bonds. The van der Waals surface area contributed by atoms with Crippen molar-refractivity contribution in [2.24, 2.45) is 0 Å². The Kier molecular flexibility index (Phi) is 3.67. The fourth-order valence-electron chi connectivity index (χ4n) is 1.75. The summed E-state index contributed by atoms with van der Waals surface area (Å²) in [7, 11) is 0. The van der Waals surface area contributed by atoms with Crippen LogP contribution in [0.4, 0.5) is 0 Å². The molecule has 5 nitrogen and oxygen atoms in total. The first kappa shape index (κ1) is 10.8. The molecular weight excluding hydrogens is 204 g/mol. The Labute approximate surface area is 94.5 Å². The molecule has 0 bridgehead atoms. The Balaban J connectivity index is 1.91. The van der Waals surface area contributed by atoms with Crippen LogP contribution in [0.1, 0.15) is 25.0 Å². The van der Waals surface area contributed by atoms with Gasteiger partial charge in [0.15, 0.2) is 0 Å². The summed E-state index contributed by atoms with van der Waals surface area (Å²) in [5, 5.41) is 12.2. The molecule has 5 heteroatoms. The van der Waals surface area contributed by atoms with Crippen molar-refractivity contribution in [3.63, 3.8) is 0 Å². The molecule has 0 aromatic carbocycles. The molecule has 2 rings (SSSR count). The number of nitrogens with one attached hydrogen (secondary N) is 1. The summed E-state index contributed by atoms with van der Waals surface area (Å²) in [5.41, 5.74) is 0.248. The fraction of sp³-hybridized carbons (Fsp3) is 0.545. The van der Waals surface area contributed by atoms with E-state index in [0.717, 1.165) is 13.0 Å². The zero-order valence-electron chi connectivity index (χ0n) is 9.02. The normalized spacial score (nSPS) is 20.1. The molecule has 1 aliphatic rings. The second-order valence-corrected chi connectivity index (χ2v) is 3.78. The minimum absolute atomic E-state index is 0.248. The van der Waals surface area contributed by atoms with Crippen LogP contribution in [0.3, 0.4) is 0 Å². The molecule has 1 N–H and O–H groups in total. The largest absolute Gasteiger partial charge is 0.474 e. The third kappa shape index (κ3) is 2.67. The van der Waals surface area contributed by atoms with Gasteiger partial charge >= 0.3 is 0 Å². The van der Waals surface area contributed by atoms with Crippen molar-refractivity contribution in [3.8, 4) is 11.9 Å². The SMILES string of the molecule is N#Cc1nccnc1OCC1CCCCN1. The van der Waals surface area contributed by atoms with Crippen molar-refractivity contribution in [1.29, 1.82) is 5.26 Å². The number of hydrogen-bond donors (Lipinski definition) is 1. The lowest BCUT2D eigenvalue weighted by Crippen LogP contribution is -2.38. The van der Waals surface area contributed by atoms with Gasteiger partial charge < -0.3 is 10.1 Å². The van der Waals surface area contributed by atoms with Gasteiger partial charge in [-0.1, -0.05) is 6.42 Å². The minimum Gasteiger partial charge on any atom is -0.474 e. The van der Waals surface area contributed by atoms with Crippen molar-refractivity contribution in [2.45, 2.75) is 25.3 Å². The summed E-state index contributed by atoms with van der Waals surface area (Å²) in [5.74, 6) is 0.331. The van der Waals surface area contributed by atoms with E-state index in [1.54, 1.807) is 0 Å². The van der Waals surface area contributed by atoms with Gasteiger partial charge in [-0.2, -0.15) is 5.26 Å². The fourth-order valence-corrected chi connectivity index (χ4v) is 1.75. The van der Waals surface area contributed by atoms with Gasteiger partial charge in [0.25, 0.3) is 5.88 Å². The van der Waals surface area contributed by atoms with Crippen LogP contribution in [0.25, 0.3) is 0 Å². The summed E-state index contributed by atoms with van der Waals surface area (Å²) >= 11 is 0. The molecule has 1 unspecified atom stereocenters. The maximum Gasteiger partial charge on any atom is 0.251 e. The summed E-state index contributed by atoms with van der Waals surface area (Å²) in [6, 6.07) is 2.33. The number of hydrogen-bond acceptors (Lipinski definition) is 5. The average Bonchev–Trinajstić information content (AvgIpc) is 2.38. The van der Waals surface area contributed by atoms with Gasteiger partial charge in [-0.3, -0.25) is 0 Å². The molecule has 2 heterocycles.